The van der Waals surface area contributed by atoms with Crippen LogP contribution in [-0.2, 0) is 19.2 Å². The second kappa shape index (κ2) is 8.02. The fraction of sp³-hybridized carbons (Fsp3) is 0.312. The maximum absolute atomic E-state index is 12.7. The van der Waals surface area contributed by atoms with Gasteiger partial charge >= 0.3 is 5.97 Å². The number of nitrogens with two attached hydrogens (primary N) is 1. The molecule has 3 heterocycles. The molecule has 10 nitrogen and oxygen atoms in total. The first-order chi connectivity index (χ1) is 13.3. The highest BCUT2D eigenvalue weighted by Gasteiger charge is 2.51. The number of nitrogens with zero attached hydrogens (tertiary/aromatic N) is 3. The first kappa shape index (κ1) is 19.9. The number of hydrogen-bond acceptors (Lipinski definition) is 9. The van der Waals surface area contributed by atoms with E-state index in [-0.39, 0.29) is 34.0 Å². The molecule has 2 aliphatic rings. The van der Waals surface area contributed by atoms with Gasteiger partial charge in [-0.2, -0.15) is 0 Å². The van der Waals surface area contributed by atoms with Gasteiger partial charge in [0, 0.05) is 16.8 Å². The van der Waals surface area contributed by atoms with E-state index in [1.165, 1.54) is 28.9 Å². The summed E-state index contributed by atoms with van der Waals surface area (Å²) in [6.45, 7) is 5.32. The van der Waals surface area contributed by atoms with Crippen LogP contribution in [0.1, 0.15) is 12.6 Å². The smallest absolute Gasteiger partial charge is 0.334 e. The standard InChI is InChI=1S/C16H17N5O5S2/c1-3-4-26-20-10(9-6-27-16(17)18-9)12(22)19-11-13(23)21-5-8(15(24)25)7(2)28-14(11)21/h3,5-7,11,14H,1,4H2,2H3,(H2,17,18)(H,19,22)(H,24,25)/t7?,11?,14-/m1/s1. The first-order valence-electron chi connectivity index (χ1n) is 8.09. The number of carbonyl (C=O) groups is 3. The van der Waals surface area contributed by atoms with Crippen molar-refractivity contribution < 1.29 is 24.3 Å². The van der Waals surface area contributed by atoms with E-state index in [1.54, 1.807) is 12.3 Å². The molecule has 3 atom stereocenters. The average Bonchev–Trinajstić information content (AvgIpc) is 3.08. The van der Waals surface area contributed by atoms with Crippen LogP contribution in [0.2, 0.25) is 0 Å². The summed E-state index contributed by atoms with van der Waals surface area (Å²) in [4.78, 5) is 46.7. The Morgan fingerprint density at radius 1 is 1.57 bits per heavy atom. The number of anilines is 1. The van der Waals surface area contributed by atoms with Gasteiger partial charge in [-0.1, -0.05) is 17.8 Å². The molecule has 0 aliphatic carbocycles. The maximum Gasteiger partial charge on any atom is 0.334 e. The van der Waals surface area contributed by atoms with Gasteiger partial charge in [0.2, 0.25) is 0 Å². The van der Waals surface area contributed by atoms with Crippen molar-refractivity contribution >= 4 is 51.7 Å². The normalized spacial score (nSPS) is 24.0. The Labute approximate surface area is 168 Å². The number of hydrogen-bond donors (Lipinski definition) is 3. The number of rotatable bonds is 7. The molecule has 0 bridgehead atoms. The van der Waals surface area contributed by atoms with Crippen molar-refractivity contribution in [1.29, 1.82) is 0 Å². The van der Waals surface area contributed by atoms with Crippen LogP contribution in [0.3, 0.4) is 0 Å². The van der Waals surface area contributed by atoms with Gasteiger partial charge in [-0.25, -0.2) is 9.78 Å². The highest BCUT2D eigenvalue weighted by molar-refractivity contribution is 8.00. The SMILES string of the molecule is C=CCON=C(C(=O)NC1C(=O)N2C=C(C(=O)O)C(C)S[C@H]12)c1csc(N)n1. The first-order valence-corrected chi connectivity index (χ1v) is 9.91. The lowest BCUT2D eigenvalue weighted by Gasteiger charge is -2.48. The Bertz CT molecular complexity index is 896. The van der Waals surface area contributed by atoms with Crippen molar-refractivity contribution in [2.45, 2.75) is 23.6 Å². The Kier molecular flexibility index (Phi) is 5.70. The van der Waals surface area contributed by atoms with E-state index >= 15 is 0 Å². The van der Waals surface area contributed by atoms with Crippen LogP contribution in [0.4, 0.5) is 5.13 Å². The Hall–Kier alpha value is -2.86. The molecule has 2 unspecified atom stereocenters. The van der Waals surface area contributed by atoms with Crippen molar-refractivity contribution in [2.75, 3.05) is 12.3 Å². The predicted octanol–water partition coefficient (Wildman–Crippen LogP) is 0.389. The number of thioether (sulfide) groups is 1. The molecule has 1 aromatic rings. The number of aliphatic carboxylic acids is 1. The number of nitrogen functional groups attached to an aromatic ring is 1. The predicted molar refractivity (Wildman–Crippen MR) is 105 cm³/mol. The molecule has 2 aliphatic heterocycles. The number of thiazole rings is 1. The third-order valence-electron chi connectivity index (χ3n) is 4.00. The van der Waals surface area contributed by atoms with E-state index in [0.717, 1.165) is 11.3 Å². The third kappa shape index (κ3) is 3.73. The number of β-lactam (4-membered cyclic amide) rings is 1. The van der Waals surface area contributed by atoms with Crippen LogP contribution in [-0.4, -0.2) is 61.8 Å². The zero-order valence-corrected chi connectivity index (χ0v) is 16.3. The molecule has 2 amide bonds. The summed E-state index contributed by atoms with van der Waals surface area (Å²) in [7, 11) is 0. The number of carbonyl (C=O) groups excluding carboxylic acids is 2. The van der Waals surface area contributed by atoms with Crippen molar-refractivity contribution in [3.63, 3.8) is 0 Å². The minimum Gasteiger partial charge on any atom is -0.478 e. The molecule has 0 saturated carbocycles. The fourth-order valence-electron chi connectivity index (χ4n) is 2.63. The fourth-order valence-corrected chi connectivity index (χ4v) is 4.54. The monoisotopic (exact) mass is 423 g/mol. The molecule has 28 heavy (non-hydrogen) atoms. The van der Waals surface area contributed by atoms with Crippen LogP contribution in [0.15, 0.2) is 35.0 Å². The minimum absolute atomic E-state index is 0.0886. The van der Waals surface area contributed by atoms with Crippen molar-refractivity contribution in [3.8, 4) is 0 Å². The lowest BCUT2D eigenvalue weighted by molar-refractivity contribution is -0.144. The van der Waals surface area contributed by atoms with Gasteiger partial charge in [-0.05, 0) is 6.92 Å². The molecule has 3 rings (SSSR count). The average molecular weight is 423 g/mol. The Morgan fingerprint density at radius 2 is 2.32 bits per heavy atom. The van der Waals surface area contributed by atoms with E-state index in [0.29, 0.717) is 0 Å². The zero-order valence-electron chi connectivity index (χ0n) is 14.7. The summed E-state index contributed by atoms with van der Waals surface area (Å²) < 4.78 is 0. The molecule has 1 saturated heterocycles. The maximum atomic E-state index is 12.7. The summed E-state index contributed by atoms with van der Waals surface area (Å²) in [6.07, 6.45) is 2.79. The molecular weight excluding hydrogens is 406 g/mol. The summed E-state index contributed by atoms with van der Waals surface area (Å²) in [6, 6.07) is -0.813. The number of aromatic nitrogens is 1. The van der Waals surface area contributed by atoms with Gasteiger partial charge in [0.15, 0.2) is 10.8 Å². The molecular formula is C16H17N5O5S2. The largest absolute Gasteiger partial charge is 0.478 e. The molecule has 4 N–H and O–H groups in total. The molecule has 0 aromatic carbocycles. The molecule has 0 spiro atoms. The van der Waals surface area contributed by atoms with Gasteiger partial charge in [-0.3, -0.25) is 9.59 Å². The lowest BCUT2D eigenvalue weighted by atomic mass is 10.1. The topological polar surface area (TPSA) is 147 Å². The van der Waals surface area contributed by atoms with E-state index in [2.05, 4.69) is 22.0 Å². The van der Waals surface area contributed by atoms with Crippen molar-refractivity contribution in [2.24, 2.45) is 5.16 Å². The lowest BCUT2D eigenvalue weighted by Crippen LogP contribution is -2.69. The Morgan fingerprint density at radius 3 is 2.93 bits per heavy atom. The molecule has 148 valence electrons. The van der Waals surface area contributed by atoms with E-state index in [9.17, 15) is 19.5 Å². The van der Waals surface area contributed by atoms with E-state index < -0.39 is 29.2 Å². The summed E-state index contributed by atoms with van der Waals surface area (Å²) in [5, 5.41) is 16.7. The summed E-state index contributed by atoms with van der Waals surface area (Å²) >= 11 is 2.42. The van der Waals surface area contributed by atoms with Gasteiger partial charge in [0.1, 0.15) is 23.7 Å². The number of fused-ring (bicyclic) bond motifs is 1. The van der Waals surface area contributed by atoms with Crippen molar-refractivity contribution in [1.82, 2.24) is 15.2 Å². The Balaban J connectivity index is 1.76. The third-order valence-corrected chi connectivity index (χ3v) is 6.12. The van der Waals surface area contributed by atoms with E-state index in [4.69, 9.17) is 10.6 Å². The number of oxime groups is 1. The second-order valence-electron chi connectivity index (χ2n) is 5.85. The minimum atomic E-state index is -1.08. The van der Waals surface area contributed by atoms with Crippen LogP contribution in [0.25, 0.3) is 0 Å². The van der Waals surface area contributed by atoms with Gasteiger partial charge in [-0.15, -0.1) is 23.1 Å². The van der Waals surface area contributed by atoms with Crippen LogP contribution in [0.5, 0.6) is 0 Å². The van der Waals surface area contributed by atoms with Crippen LogP contribution in [0, 0.1) is 0 Å². The zero-order chi connectivity index (χ0) is 20.4. The van der Waals surface area contributed by atoms with Gasteiger partial charge in [0.25, 0.3) is 11.8 Å². The summed E-state index contributed by atoms with van der Waals surface area (Å²) in [5.74, 6) is -2.12. The van der Waals surface area contributed by atoms with Gasteiger partial charge in [0.05, 0.1) is 5.57 Å². The molecule has 12 heteroatoms. The highest BCUT2D eigenvalue weighted by Crippen LogP contribution is 2.40. The number of nitrogens with one attached hydrogen (secondary N) is 1. The van der Waals surface area contributed by atoms with E-state index in [1.807, 2.05) is 0 Å². The van der Waals surface area contributed by atoms with Crippen LogP contribution >= 0.6 is 23.1 Å². The number of amides is 2. The molecule has 1 fully saturated rings. The quantitative estimate of drug-likeness (QED) is 0.188. The second-order valence-corrected chi connectivity index (χ2v) is 8.20. The number of carboxylic acid groups (broad SMARTS) is 1. The molecule has 1 aromatic heterocycles. The summed E-state index contributed by atoms with van der Waals surface area (Å²) in [5.41, 5.74) is 5.87. The highest BCUT2D eigenvalue weighted by atomic mass is 32.2. The van der Waals surface area contributed by atoms with Crippen LogP contribution < -0.4 is 11.1 Å². The van der Waals surface area contributed by atoms with Crippen molar-refractivity contribution in [3.05, 3.63) is 35.5 Å². The van der Waals surface area contributed by atoms with Gasteiger partial charge < -0.3 is 25.9 Å². The number of carboxylic acids is 1. The molecule has 0 radical (unpaired) electrons.